The van der Waals surface area contributed by atoms with Gasteiger partial charge in [0, 0.05) is 12.1 Å². The van der Waals surface area contributed by atoms with Crippen molar-refractivity contribution >= 4 is 34.7 Å². The molecule has 1 aliphatic rings. The summed E-state index contributed by atoms with van der Waals surface area (Å²) in [5.74, 6) is -0.208. The van der Waals surface area contributed by atoms with E-state index in [0.29, 0.717) is 18.0 Å². The highest BCUT2D eigenvalue weighted by molar-refractivity contribution is 6.40. The molecular formula is C22H24N4O4. The van der Waals surface area contributed by atoms with Gasteiger partial charge in [-0.05, 0) is 50.2 Å². The number of nitrogens with zero attached hydrogens (tertiary/aromatic N) is 2. The fourth-order valence-electron chi connectivity index (χ4n) is 3.05. The van der Waals surface area contributed by atoms with Crippen molar-refractivity contribution in [3.8, 4) is 5.75 Å². The van der Waals surface area contributed by atoms with Gasteiger partial charge in [0.2, 0.25) is 5.91 Å². The number of para-hydroxylation sites is 1. The predicted molar refractivity (Wildman–Crippen MR) is 115 cm³/mol. The molecule has 2 aromatic rings. The summed E-state index contributed by atoms with van der Waals surface area (Å²) in [6.07, 6.45) is 0.191. The van der Waals surface area contributed by atoms with E-state index in [0.717, 1.165) is 5.69 Å². The number of carbonyl (C=O) groups is 3. The van der Waals surface area contributed by atoms with Crippen molar-refractivity contribution in [2.45, 2.75) is 26.3 Å². The molecule has 0 saturated heterocycles. The maximum atomic E-state index is 12.5. The van der Waals surface area contributed by atoms with E-state index in [9.17, 15) is 14.4 Å². The maximum absolute atomic E-state index is 12.5. The largest absolute Gasteiger partial charge is 0.494 e. The molecule has 30 heavy (non-hydrogen) atoms. The van der Waals surface area contributed by atoms with Crippen molar-refractivity contribution in [1.29, 1.82) is 0 Å². The number of benzene rings is 2. The number of hydrogen-bond donors (Lipinski definition) is 2. The Morgan fingerprint density at radius 1 is 1.10 bits per heavy atom. The normalized spacial score (nSPS) is 15.3. The first-order chi connectivity index (χ1) is 14.5. The molecule has 2 aromatic carbocycles. The van der Waals surface area contributed by atoms with Crippen LogP contribution in [-0.4, -0.2) is 42.5 Å². The topological polar surface area (TPSA) is 100 Å². The van der Waals surface area contributed by atoms with Crippen LogP contribution in [0.2, 0.25) is 0 Å². The van der Waals surface area contributed by atoms with Crippen LogP contribution in [0.3, 0.4) is 0 Å². The van der Waals surface area contributed by atoms with Gasteiger partial charge in [-0.15, -0.1) is 0 Å². The molecule has 156 valence electrons. The van der Waals surface area contributed by atoms with E-state index in [2.05, 4.69) is 15.7 Å². The van der Waals surface area contributed by atoms with E-state index < -0.39 is 11.9 Å². The van der Waals surface area contributed by atoms with Gasteiger partial charge >= 0.3 is 0 Å². The highest BCUT2D eigenvalue weighted by atomic mass is 16.5. The molecular weight excluding hydrogens is 384 g/mol. The van der Waals surface area contributed by atoms with Gasteiger partial charge in [0.05, 0.1) is 18.8 Å². The minimum absolute atomic E-state index is 0.0846. The summed E-state index contributed by atoms with van der Waals surface area (Å²) in [6, 6.07) is 15.6. The Hall–Kier alpha value is -3.68. The first kappa shape index (κ1) is 21.0. The predicted octanol–water partition coefficient (Wildman–Crippen LogP) is 2.36. The molecule has 0 aliphatic carbocycles. The van der Waals surface area contributed by atoms with Crippen LogP contribution in [0.4, 0.5) is 11.4 Å². The zero-order valence-electron chi connectivity index (χ0n) is 16.9. The summed E-state index contributed by atoms with van der Waals surface area (Å²) in [4.78, 5) is 36.6. The molecule has 2 N–H and O–H groups in total. The minimum Gasteiger partial charge on any atom is -0.494 e. The number of anilines is 2. The number of nitrogens with one attached hydrogen (secondary N) is 2. The number of hydrazone groups is 1. The molecule has 2 amide bonds. The first-order valence-corrected chi connectivity index (χ1v) is 9.71. The fourth-order valence-corrected chi connectivity index (χ4v) is 3.05. The monoisotopic (exact) mass is 408 g/mol. The Balaban J connectivity index is 1.57. The molecule has 1 aliphatic heterocycles. The SMILES string of the molecule is CCOc1ccc(NC(=O)CNC(=O)C2=NN(c3ccccc3)C(C(C)=O)C2)cc1. The van der Waals surface area contributed by atoms with Gasteiger partial charge in [0.1, 0.15) is 17.5 Å². The van der Waals surface area contributed by atoms with Crippen molar-refractivity contribution in [2.24, 2.45) is 5.10 Å². The summed E-state index contributed by atoms with van der Waals surface area (Å²) < 4.78 is 5.36. The Labute approximate surface area is 174 Å². The third-order valence-corrected chi connectivity index (χ3v) is 4.52. The van der Waals surface area contributed by atoms with Gasteiger partial charge in [-0.2, -0.15) is 5.10 Å². The lowest BCUT2D eigenvalue weighted by atomic mass is 10.1. The molecule has 0 saturated carbocycles. The highest BCUT2D eigenvalue weighted by Crippen LogP contribution is 2.25. The number of ketones is 1. The third-order valence-electron chi connectivity index (χ3n) is 4.52. The molecule has 8 nitrogen and oxygen atoms in total. The lowest BCUT2D eigenvalue weighted by Gasteiger charge is -2.20. The van der Waals surface area contributed by atoms with Crippen LogP contribution in [0.1, 0.15) is 20.3 Å². The van der Waals surface area contributed by atoms with E-state index in [1.165, 1.54) is 6.92 Å². The van der Waals surface area contributed by atoms with Crippen molar-refractivity contribution < 1.29 is 19.1 Å². The van der Waals surface area contributed by atoms with E-state index >= 15 is 0 Å². The van der Waals surface area contributed by atoms with Crippen LogP contribution in [0.5, 0.6) is 5.75 Å². The van der Waals surface area contributed by atoms with Crippen LogP contribution in [0.25, 0.3) is 0 Å². The molecule has 0 bridgehead atoms. The third kappa shape index (κ3) is 5.22. The van der Waals surface area contributed by atoms with Gasteiger partial charge in [-0.1, -0.05) is 18.2 Å². The van der Waals surface area contributed by atoms with Gasteiger partial charge < -0.3 is 15.4 Å². The van der Waals surface area contributed by atoms with Gasteiger partial charge in [0.25, 0.3) is 5.91 Å². The molecule has 1 atom stereocenters. The molecule has 1 heterocycles. The number of amides is 2. The molecule has 0 radical (unpaired) electrons. The highest BCUT2D eigenvalue weighted by Gasteiger charge is 2.34. The molecule has 8 heteroatoms. The molecule has 1 unspecified atom stereocenters. The number of ether oxygens (including phenoxy) is 1. The zero-order valence-corrected chi connectivity index (χ0v) is 16.9. The number of rotatable bonds is 8. The van der Waals surface area contributed by atoms with Crippen molar-refractivity contribution in [3.05, 3.63) is 54.6 Å². The summed E-state index contributed by atoms with van der Waals surface area (Å²) in [6.45, 7) is 3.72. The Bertz CT molecular complexity index is 941. The van der Waals surface area contributed by atoms with E-state index in [-0.39, 0.29) is 30.4 Å². The van der Waals surface area contributed by atoms with Crippen molar-refractivity contribution in [2.75, 3.05) is 23.5 Å². The molecule has 0 fully saturated rings. The van der Waals surface area contributed by atoms with E-state index in [1.807, 2.05) is 37.3 Å². The fraction of sp³-hybridized carbons (Fsp3) is 0.273. The summed E-state index contributed by atoms with van der Waals surface area (Å²) in [5, 5.41) is 11.1. The van der Waals surface area contributed by atoms with Gasteiger partial charge in [0.15, 0.2) is 5.78 Å². The standard InChI is InChI=1S/C22H24N4O4/c1-3-30-18-11-9-16(10-12-18)24-21(28)14-23-22(29)19-13-20(15(2)27)26(25-19)17-7-5-4-6-8-17/h4-12,20H,3,13-14H2,1-2H3,(H,23,29)(H,24,28). The summed E-state index contributed by atoms with van der Waals surface area (Å²) >= 11 is 0. The second kappa shape index (κ2) is 9.69. The van der Waals surface area contributed by atoms with Crippen LogP contribution in [0, 0.1) is 0 Å². The smallest absolute Gasteiger partial charge is 0.268 e. The molecule has 3 rings (SSSR count). The Morgan fingerprint density at radius 3 is 2.43 bits per heavy atom. The average Bonchev–Trinajstić information content (AvgIpc) is 3.20. The van der Waals surface area contributed by atoms with Crippen LogP contribution in [0.15, 0.2) is 59.7 Å². The number of hydrogen-bond acceptors (Lipinski definition) is 6. The second-order valence-electron chi connectivity index (χ2n) is 6.75. The van der Waals surface area contributed by atoms with Crippen LogP contribution < -0.4 is 20.4 Å². The maximum Gasteiger partial charge on any atom is 0.268 e. The minimum atomic E-state index is -0.536. The van der Waals surface area contributed by atoms with Gasteiger partial charge in [-0.3, -0.25) is 19.4 Å². The lowest BCUT2D eigenvalue weighted by molar-refractivity contribution is -0.120. The van der Waals surface area contributed by atoms with Crippen molar-refractivity contribution in [3.63, 3.8) is 0 Å². The van der Waals surface area contributed by atoms with Crippen LogP contribution in [-0.2, 0) is 14.4 Å². The van der Waals surface area contributed by atoms with Gasteiger partial charge in [-0.25, -0.2) is 0 Å². The van der Waals surface area contributed by atoms with E-state index in [4.69, 9.17) is 4.74 Å². The quantitative estimate of drug-likeness (QED) is 0.699. The second-order valence-corrected chi connectivity index (χ2v) is 6.75. The van der Waals surface area contributed by atoms with E-state index in [1.54, 1.807) is 29.3 Å². The Kier molecular flexibility index (Phi) is 6.79. The van der Waals surface area contributed by atoms with Crippen LogP contribution >= 0.6 is 0 Å². The molecule has 0 aromatic heterocycles. The summed E-state index contributed by atoms with van der Waals surface area (Å²) in [7, 11) is 0. The summed E-state index contributed by atoms with van der Waals surface area (Å²) in [5.41, 5.74) is 1.55. The van der Waals surface area contributed by atoms with Crippen molar-refractivity contribution in [1.82, 2.24) is 5.32 Å². The Morgan fingerprint density at radius 2 is 1.80 bits per heavy atom. The number of Topliss-reactive ketones (excluding diaryl/α,β-unsaturated/α-hetero) is 1. The molecule has 0 spiro atoms. The average molecular weight is 408 g/mol. The first-order valence-electron chi connectivity index (χ1n) is 9.71. The zero-order chi connectivity index (χ0) is 21.5. The lowest BCUT2D eigenvalue weighted by Crippen LogP contribution is -2.37. The number of carbonyl (C=O) groups excluding carboxylic acids is 3.